The summed E-state index contributed by atoms with van der Waals surface area (Å²) < 4.78 is 10.9. The highest BCUT2D eigenvalue weighted by Crippen LogP contribution is 2.15. The standard InChI is InChI=1S/C21H27N3O5/c1-5-29-21(27)17(12-8-9-13-18(25)28-4)23-24-19(14(2)3)22-16-11-7-6-10-15(16)20(24)26/h6-7,10-11,14H,5,8-9,12-13H2,1-4H3/b23-17-. The number of carbonyl (C=O) groups excluding carboxylic acids is 2. The van der Waals surface area contributed by atoms with Crippen LogP contribution in [0.1, 0.15) is 58.2 Å². The molecule has 0 N–H and O–H groups in total. The van der Waals surface area contributed by atoms with Gasteiger partial charge < -0.3 is 9.47 Å². The maximum atomic E-state index is 13.0. The van der Waals surface area contributed by atoms with Crippen molar-refractivity contribution in [3.8, 4) is 0 Å². The van der Waals surface area contributed by atoms with Gasteiger partial charge >= 0.3 is 11.9 Å². The van der Waals surface area contributed by atoms with Gasteiger partial charge in [0.05, 0.1) is 24.6 Å². The summed E-state index contributed by atoms with van der Waals surface area (Å²) in [5.41, 5.74) is 0.372. The fourth-order valence-electron chi connectivity index (χ4n) is 2.80. The van der Waals surface area contributed by atoms with Crippen molar-refractivity contribution < 1.29 is 19.1 Å². The van der Waals surface area contributed by atoms with Crippen LogP contribution in [-0.2, 0) is 19.1 Å². The van der Waals surface area contributed by atoms with E-state index in [1.54, 1.807) is 25.1 Å². The van der Waals surface area contributed by atoms with Gasteiger partial charge in [0, 0.05) is 12.3 Å². The molecule has 0 bridgehead atoms. The topological polar surface area (TPSA) is 99.9 Å². The van der Waals surface area contributed by atoms with Crippen molar-refractivity contribution in [1.29, 1.82) is 0 Å². The van der Waals surface area contributed by atoms with Crippen LogP contribution in [0.3, 0.4) is 0 Å². The fraction of sp³-hybridized carbons (Fsp3) is 0.476. The third-order valence-electron chi connectivity index (χ3n) is 4.30. The summed E-state index contributed by atoms with van der Waals surface area (Å²) in [6.07, 6.45) is 1.58. The Hall–Kier alpha value is -3.03. The molecule has 0 saturated carbocycles. The lowest BCUT2D eigenvalue weighted by atomic mass is 10.1. The van der Waals surface area contributed by atoms with Crippen LogP contribution in [0.15, 0.2) is 34.2 Å². The smallest absolute Gasteiger partial charge is 0.354 e. The first-order chi connectivity index (χ1) is 13.9. The molecule has 0 aliphatic carbocycles. The number of hydrogen-bond donors (Lipinski definition) is 0. The Bertz CT molecular complexity index is 962. The maximum absolute atomic E-state index is 13.0. The summed E-state index contributed by atoms with van der Waals surface area (Å²) in [5, 5.41) is 4.78. The summed E-state index contributed by atoms with van der Waals surface area (Å²) in [7, 11) is 1.33. The van der Waals surface area contributed by atoms with Crippen molar-refractivity contribution in [3.05, 3.63) is 40.4 Å². The molecule has 1 aromatic heterocycles. The van der Waals surface area contributed by atoms with Crippen LogP contribution in [0.25, 0.3) is 10.9 Å². The number of carbonyl (C=O) groups is 2. The second-order valence-electron chi connectivity index (χ2n) is 6.81. The van der Waals surface area contributed by atoms with E-state index in [9.17, 15) is 14.4 Å². The molecule has 1 heterocycles. The minimum atomic E-state index is -0.583. The Labute approximate surface area is 169 Å². The highest BCUT2D eigenvalue weighted by molar-refractivity contribution is 6.36. The molecule has 29 heavy (non-hydrogen) atoms. The normalized spacial score (nSPS) is 11.7. The highest BCUT2D eigenvalue weighted by atomic mass is 16.5. The first kappa shape index (κ1) is 22.3. The summed E-state index contributed by atoms with van der Waals surface area (Å²) in [5.74, 6) is -0.513. The molecule has 0 saturated heterocycles. The van der Waals surface area contributed by atoms with Crippen LogP contribution < -0.4 is 5.56 Å². The lowest BCUT2D eigenvalue weighted by molar-refractivity contribution is -0.140. The monoisotopic (exact) mass is 401 g/mol. The van der Waals surface area contributed by atoms with Gasteiger partial charge in [-0.05, 0) is 38.3 Å². The van der Waals surface area contributed by atoms with Gasteiger partial charge in [-0.2, -0.15) is 9.78 Å². The van der Waals surface area contributed by atoms with Crippen LogP contribution in [0, 0.1) is 0 Å². The third-order valence-corrected chi connectivity index (χ3v) is 4.30. The molecule has 156 valence electrons. The zero-order valence-corrected chi connectivity index (χ0v) is 17.3. The first-order valence-corrected chi connectivity index (χ1v) is 9.72. The lowest BCUT2D eigenvalue weighted by Gasteiger charge is -2.13. The number of benzene rings is 1. The molecule has 0 unspecified atom stereocenters. The van der Waals surface area contributed by atoms with Crippen molar-refractivity contribution in [1.82, 2.24) is 9.66 Å². The van der Waals surface area contributed by atoms with E-state index in [4.69, 9.17) is 4.74 Å². The number of rotatable bonds is 9. The fourth-order valence-corrected chi connectivity index (χ4v) is 2.80. The van der Waals surface area contributed by atoms with Crippen molar-refractivity contribution in [2.45, 2.75) is 52.4 Å². The van der Waals surface area contributed by atoms with E-state index in [2.05, 4.69) is 14.8 Å². The van der Waals surface area contributed by atoms with E-state index in [1.165, 1.54) is 11.8 Å². The zero-order chi connectivity index (χ0) is 21.4. The Morgan fingerprint density at radius 1 is 1.17 bits per heavy atom. The quantitative estimate of drug-likeness (QED) is 0.364. The number of ether oxygens (including phenoxy) is 2. The molecule has 0 atom stereocenters. The highest BCUT2D eigenvalue weighted by Gasteiger charge is 2.18. The van der Waals surface area contributed by atoms with Crippen LogP contribution in [0.2, 0.25) is 0 Å². The van der Waals surface area contributed by atoms with Gasteiger partial charge in [-0.15, -0.1) is 0 Å². The molecule has 0 amide bonds. The van der Waals surface area contributed by atoms with Gasteiger partial charge in [0.2, 0.25) is 0 Å². The predicted octanol–water partition coefficient (Wildman–Crippen LogP) is 3.02. The number of fused-ring (bicyclic) bond motifs is 1. The number of para-hydroxylation sites is 1. The van der Waals surface area contributed by atoms with E-state index in [-0.39, 0.29) is 42.6 Å². The number of methoxy groups -OCH3 is 1. The van der Waals surface area contributed by atoms with Crippen molar-refractivity contribution in [2.24, 2.45) is 5.10 Å². The number of unbranched alkanes of at least 4 members (excludes halogenated alkanes) is 1. The largest absolute Gasteiger partial charge is 0.469 e. The second-order valence-corrected chi connectivity index (χ2v) is 6.81. The lowest BCUT2D eigenvalue weighted by Crippen LogP contribution is -2.27. The third kappa shape index (κ3) is 5.73. The summed E-state index contributed by atoms with van der Waals surface area (Å²) in [6, 6.07) is 7.03. The average molecular weight is 401 g/mol. The first-order valence-electron chi connectivity index (χ1n) is 9.72. The van der Waals surface area contributed by atoms with Gasteiger partial charge in [0.25, 0.3) is 5.56 Å². The van der Waals surface area contributed by atoms with Crippen molar-refractivity contribution in [3.63, 3.8) is 0 Å². The average Bonchev–Trinajstić information content (AvgIpc) is 2.71. The SMILES string of the molecule is CCOC(=O)/C(CCCCC(=O)OC)=N\n1c(C(C)C)nc2ccccc2c1=O. The van der Waals surface area contributed by atoms with E-state index in [0.29, 0.717) is 29.6 Å². The van der Waals surface area contributed by atoms with Gasteiger partial charge in [0.15, 0.2) is 0 Å². The van der Waals surface area contributed by atoms with Gasteiger partial charge in [0.1, 0.15) is 11.5 Å². The molecule has 1 aromatic carbocycles. The molecule has 0 radical (unpaired) electrons. The zero-order valence-electron chi connectivity index (χ0n) is 17.3. The number of aromatic nitrogens is 2. The van der Waals surface area contributed by atoms with E-state index >= 15 is 0 Å². The van der Waals surface area contributed by atoms with Crippen molar-refractivity contribution >= 4 is 28.6 Å². The molecule has 2 rings (SSSR count). The Kier molecular flexibility index (Phi) is 8.06. The Balaban J connectivity index is 2.45. The maximum Gasteiger partial charge on any atom is 0.354 e. The molecule has 0 aliphatic rings. The van der Waals surface area contributed by atoms with E-state index in [1.807, 2.05) is 19.9 Å². The van der Waals surface area contributed by atoms with Crippen molar-refractivity contribution in [2.75, 3.05) is 13.7 Å². The second kappa shape index (κ2) is 10.5. The van der Waals surface area contributed by atoms with Crippen LogP contribution in [-0.4, -0.2) is 41.0 Å². The number of nitrogens with zero attached hydrogens (tertiary/aromatic N) is 3. The van der Waals surface area contributed by atoms with Gasteiger partial charge in [-0.25, -0.2) is 9.78 Å². The minimum Gasteiger partial charge on any atom is -0.469 e. The van der Waals surface area contributed by atoms with Gasteiger partial charge in [-0.3, -0.25) is 9.59 Å². The molecule has 0 spiro atoms. The summed E-state index contributed by atoms with van der Waals surface area (Å²) >= 11 is 0. The number of esters is 2. The number of hydrogen-bond acceptors (Lipinski definition) is 7. The van der Waals surface area contributed by atoms with E-state index in [0.717, 1.165) is 0 Å². The van der Waals surface area contributed by atoms with Gasteiger partial charge in [-0.1, -0.05) is 26.0 Å². The van der Waals surface area contributed by atoms with Crippen LogP contribution >= 0.6 is 0 Å². The Morgan fingerprint density at radius 3 is 2.52 bits per heavy atom. The Morgan fingerprint density at radius 2 is 1.86 bits per heavy atom. The molecular weight excluding hydrogens is 374 g/mol. The summed E-state index contributed by atoms with van der Waals surface area (Å²) in [6.45, 7) is 5.71. The molecule has 0 aliphatic heterocycles. The molecular formula is C21H27N3O5. The molecule has 2 aromatic rings. The minimum absolute atomic E-state index is 0.0844. The summed E-state index contributed by atoms with van der Waals surface area (Å²) in [4.78, 5) is 41.3. The molecule has 8 nitrogen and oxygen atoms in total. The molecule has 0 fully saturated rings. The van der Waals surface area contributed by atoms with Crippen LogP contribution in [0.4, 0.5) is 0 Å². The van der Waals surface area contributed by atoms with Crippen LogP contribution in [0.5, 0.6) is 0 Å². The molecule has 8 heteroatoms. The predicted molar refractivity (Wildman–Crippen MR) is 110 cm³/mol. The van der Waals surface area contributed by atoms with E-state index < -0.39 is 5.97 Å².